The number of anilines is 1. The van der Waals surface area contributed by atoms with Crippen molar-refractivity contribution in [2.45, 2.75) is 6.54 Å². The second kappa shape index (κ2) is 4.84. The molecule has 8 nitrogen and oxygen atoms in total. The van der Waals surface area contributed by atoms with Crippen LogP contribution in [0.15, 0.2) is 28.2 Å². The van der Waals surface area contributed by atoms with Crippen LogP contribution >= 0.6 is 0 Å². The Morgan fingerprint density at radius 3 is 2.79 bits per heavy atom. The zero-order valence-corrected chi connectivity index (χ0v) is 10.4. The van der Waals surface area contributed by atoms with E-state index in [4.69, 9.17) is 17.2 Å². The van der Waals surface area contributed by atoms with Crippen LogP contribution in [0.4, 0.5) is 16.2 Å². The number of para-hydroxylation sites is 1. The number of fused-ring (bicyclic) bond motifs is 1. The van der Waals surface area contributed by atoms with Gasteiger partial charge in [0, 0.05) is 13.6 Å². The lowest BCUT2D eigenvalue weighted by atomic mass is 10.1. The third-order valence-corrected chi connectivity index (χ3v) is 2.59. The first-order chi connectivity index (χ1) is 8.97. The van der Waals surface area contributed by atoms with E-state index in [1.807, 2.05) is 12.1 Å². The number of carbonyl (C=O) groups excluding carboxylic acids is 1. The van der Waals surface area contributed by atoms with Crippen molar-refractivity contribution in [1.82, 2.24) is 4.90 Å². The summed E-state index contributed by atoms with van der Waals surface area (Å²) in [5.41, 5.74) is 18.1. The van der Waals surface area contributed by atoms with E-state index < -0.39 is 0 Å². The normalized spacial score (nSPS) is 14.7. The van der Waals surface area contributed by atoms with E-state index in [1.165, 1.54) is 0 Å². The van der Waals surface area contributed by atoms with Crippen molar-refractivity contribution in [2.24, 2.45) is 27.2 Å². The molecule has 0 fully saturated rings. The van der Waals surface area contributed by atoms with Crippen molar-refractivity contribution >= 4 is 29.3 Å². The maximum atomic E-state index is 11.6. The molecule has 7 N–H and O–H groups in total. The molecule has 0 bridgehead atoms. The van der Waals surface area contributed by atoms with Crippen LogP contribution < -0.4 is 22.5 Å². The molecule has 1 heterocycles. The molecule has 1 aromatic carbocycles. The molecule has 1 aromatic rings. The number of hydrogen-bond donors (Lipinski definition) is 4. The molecular weight excluding hydrogens is 246 g/mol. The third kappa shape index (κ3) is 2.73. The molecule has 19 heavy (non-hydrogen) atoms. The second-order valence-electron chi connectivity index (χ2n) is 4.10. The van der Waals surface area contributed by atoms with Crippen molar-refractivity contribution < 1.29 is 4.79 Å². The Bertz CT molecular complexity index is 574. The van der Waals surface area contributed by atoms with Crippen LogP contribution in [0.25, 0.3) is 0 Å². The molecule has 1 aliphatic rings. The Hall–Kier alpha value is -2.77. The minimum Gasteiger partial charge on any atom is -0.370 e. The summed E-state index contributed by atoms with van der Waals surface area (Å²) in [6.07, 6.45) is 0. The number of hydrogen-bond acceptors (Lipinski definition) is 2. The predicted molar refractivity (Wildman–Crippen MR) is 74.0 cm³/mol. The molecule has 0 aliphatic carbocycles. The zero-order valence-electron chi connectivity index (χ0n) is 10.4. The van der Waals surface area contributed by atoms with E-state index >= 15 is 0 Å². The third-order valence-electron chi connectivity index (χ3n) is 2.59. The average molecular weight is 261 g/mol. The van der Waals surface area contributed by atoms with Crippen molar-refractivity contribution in [3.05, 3.63) is 23.8 Å². The summed E-state index contributed by atoms with van der Waals surface area (Å²) in [5, 5.41) is 2.75. The van der Waals surface area contributed by atoms with Gasteiger partial charge >= 0.3 is 6.03 Å². The highest BCUT2D eigenvalue weighted by Gasteiger charge is 2.21. The Balaban J connectivity index is 2.42. The number of nitrogens with zero attached hydrogens (tertiary/aromatic N) is 3. The monoisotopic (exact) mass is 261 g/mol. The van der Waals surface area contributed by atoms with Crippen LogP contribution in [0.5, 0.6) is 0 Å². The summed E-state index contributed by atoms with van der Waals surface area (Å²) in [6, 6.07) is 5.25. The summed E-state index contributed by atoms with van der Waals surface area (Å²) in [6.45, 7) is 0.507. The van der Waals surface area contributed by atoms with Gasteiger partial charge in [0.05, 0.1) is 11.4 Å². The van der Waals surface area contributed by atoms with E-state index in [2.05, 4.69) is 15.3 Å². The second-order valence-corrected chi connectivity index (χ2v) is 4.10. The Kier molecular flexibility index (Phi) is 3.23. The molecule has 100 valence electrons. The lowest BCUT2D eigenvalue weighted by Gasteiger charge is -2.26. The van der Waals surface area contributed by atoms with Gasteiger partial charge in [0.25, 0.3) is 0 Å². The molecule has 0 aromatic heterocycles. The molecule has 0 saturated heterocycles. The van der Waals surface area contributed by atoms with Crippen LogP contribution in [-0.4, -0.2) is 29.9 Å². The lowest BCUT2D eigenvalue weighted by molar-refractivity contribution is 0.218. The van der Waals surface area contributed by atoms with Gasteiger partial charge in [-0.05, 0) is 11.6 Å². The van der Waals surface area contributed by atoms with Gasteiger partial charge in [-0.15, -0.1) is 0 Å². The van der Waals surface area contributed by atoms with Crippen molar-refractivity contribution in [2.75, 3.05) is 12.4 Å². The Morgan fingerprint density at radius 2 is 2.11 bits per heavy atom. The maximum Gasteiger partial charge on any atom is 0.321 e. The van der Waals surface area contributed by atoms with Crippen LogP contribution in [0.1, 0.15) is 5.56 Å². The van der Waals surface area contributed by atoms with Gasteiger partial charge in [0.15, 0.2) is 5.96 Å². The SMILES string of the molecule is CN1Cc2cccc(N=C(N)N=C(N)N)c2NC1=O. The van der Waals surface area contributed by atoms with Crippen LogP contribution in [0.2, 0.25) is 0 Å². The van der Waals surface area contributed by atoms with Crippen molar-refractivity contribution in [3.8, 4) is 0 Å². The van der Waals surface area contributed by atoms with Crippen LogP contribution in [-0.2, 0) is 6.54 Å². The van der Waals surface area contributed by atoms with Crippen LogP contribution in [0.3, 0.4) is 0 Å². The minimum atomic E-state index is -0.199. The molecule has 0 atom stereocenters. The number of benzene rings is 1. The number of nitrogens with one attached hydrogen (secondary N) is 1. The van der Waals surface area contributed by atoms with Gasteiger partial charge in [-0.1, -0.05) is 12.1 Å². The van der Waals surface area contributed by atoms with E-state index in [-0.39, 0.29) is 18.0 Å². The van der Waals surface area contributed by atoms with Crippen LogP contribution in [0, 0.1) is 0 Å². The summed E-state index contributed by atoms with van der Waals surface area (Å²) in [7, 11) is 1.71. The first-order valence-electron chi connectivity index (χ1n) is 5.55. The number of carbonyl (C=O) groups is 1. The molecule has 0 unspecified atom stereocenters. The van der Waals surface area contributed by atoms with E-state index in [9.17, 15) is 4.79 Å². The quantitative estimate of drug-likeness (QED) is 0.414. The van der Waals surface area contributed by atoms with Gasteiger partial charge in [0.2, 0.25) is 5.96 Å². The summed E-state index contributed by atoms with van der Waals surface area (Å²) in [4.78, 5) is 20.9. The van der Waals surface area contributed by atoms with Gasteiger partial charge < -0.3 is 27.4 Å². The summed E-state index contributed by atoms with van der Waals surface area (Å²) in [5.74, 6) is -0.239. The highest BCUT2D eigenvalue weighted by Crippen LogP contribution is 2.32. The molecular formula is C11H15N7O. The fourth-order valence-corrected chi connectivity index (χ4v) is 1.77. The lowest BCUT2D eigenvalue weighted by Crippen LogP contribution is -2.35. The van der Waals surface area contributed by atoms with Crippen molar-refractivity contribution in [1.29, 1.82) is 0 Å². The smallest absolute Gasteiger partial charge is 0.321 e. The number of aliphatic imine (C=N–C) groups is 2. The molecule has 8 heteroatoms. The first-order valence-corrected chi connectivity index (χ1v) is 5.55. The predicted octanol–water partition coefficient (Wildman–Crippen LogP) is -0.116. The number of nitrogens with two attached hydrogens (primary N) is 3. The Labute approximate surface area is 110 Å². The minimum absolute atomic E-state index is 0.0680. The molecule has 0 radical (unpaired) electrons. The molecule has 0 spiro atoms. The molecule has 0 saturated carbocycles. The number of rotatable bonds is 1. The zero-order chi connectivity index (χ0) is 14.0. The van der Waals surface area contributed by atoms with E-state index in [0.717, 1.165) is 5.56 Å². The fourth-order valence-electron chi connectivity index (χ4n) is 1.77. The van der Waals surface area contributed by atoms with Gasteiger partial charge in [0.1, 0.15) is 0 Å². The topological polar surface area (TPSA) is 135 Å². The number of urea groups is 1. The number of amides is 2. The first kappa shape index (κ1) is 12.7. The van der Waals surface area contributed by atoms with E-state index in [0.29, 0.717) is 17.9 Å². The highest BCUT2D eigenvalue weighted by molar-refractivity contribution is 5.98. The standard InChI is InChI=1S/C11H15N7O/c1-18-5-6-3-2-4-7(8(6)16-11(18)19)15-10(14)17-9(12)13/h2-4H,5H2,1H3,(H,16,19)(H6,12,13,14,15,17). The number of guanidine groups is 2. The average Bonchev–Trinajstić information content (AvgIpc) is 2.30. The molecule has 2 rings (SSSR count). The van der Waals surface area contributed by atoms with E-state index in [1.54, 1.807) is 18.0 Å². The van der Waals surface area contributed by atoms with Gasteiger partial charge in [-0.3, -0.25) is 0 Å². The molecule has 1 aliphatic heterocycles. The largest absolute Gasteiger partial charge is 0.370 e. The Morgan fingerprint density at radius 1 is 1.37 bits per heavy atom. The fraction of sp³-hybridized carbons (Fsp3) is 0.182. The maximum absolute atomic E-state index is 11.6. The summed E-state index contributed by atoms with van der Waals surface area (Å²) >= 11 is 0. The van der Waals surface area contributed by atoms with Gasteiger partial charge in [-0.25, -0.2) is 9.79 Å². The van der Waals surface area contributed by atoms with Crippen molar-refractivity contribution in [3.63, 3.8) is 0 Å². The summed E-state index contributed by atoms with van der Waals surface area (Å²) < 4.78 is 0. The van der Waals surface area contributed by atoms with Gasteiger partial charge in [-0.2, -0.15) is 4.99 Å². The molecule has 2 amide bonds. The highest BCUT2D eigenvalue weighted by atomic mass is 16.2.